The van der Waals surface area contributed by atoms with Gasteiger partial charge in [0.25, 0.3) is 0 Å². The Bertz CT molecular complexity index is 186. The third-order valence-corrected chi connectivity index (χ3v) is 2.90. The number of nitrogens with zero attached hydrogens (tertiary/aromatic N) is 1. The fourth-order valence-corrected chi connectivity index (χ4v) is 2.24. The zero-order valence-electron chi connectivity index (χ0n) is 6.54. The van der Waals surface area contributed by atoms with Crippen molar-refractivity contribution in [2.45, 2.75) is 26.3 Å². The van der Waals surface area contributed by atoms with Gasteiger partial charge in [0.2, 0.25) is 0 Å². The lowest BCUT2D eigenvalue weighted by atomic mass is 9.98. The number of rotatable bonds is 0. The number of hydrogen-bond donors (Lipinski definition) is 1. The van der Waals surface area contributed by atoms with Gasteiger partial charge in [-0.05, 0) is 17.8 Å². The Balaban J connectivity index is 2.18. The van der Waals surface area contributed by atoms with Crippen LogP contribution in [0.2, 0.25) is 0 Å². The molecule has 1 saturated carbocycles. The summed E-state index contributed by atoms with van der Waals surface area (Å²) in [6.45, 7) is 4.55. The van der Waals surface area contributed by atoms with E-state index in [1.54, 1.807) is 0 Å². The van der Waals surface area contributed by atoms with Crippen molar-refractivity contribution in [2.24, 2.45) is 28.5 Å². The molecule has 1 heterocycles. The Morgan fingerprint density at radius 1 is 1.50 bits per heavy atom. The smallest absolute Gasteiger partial charge is 0.0943 e. The molecule has 0 saturated heterocycles. The summed E-state index contributed by atoms with van der Waals surface area (Å²) in [5.41, 5.74) is 5.65. The highest BCUT2D eigenvalue weighted by atomic mass is 15.0. The lowest BCUT2D eigenvalue weighted by molar-refractivity contribution is 0.481. The van der Waals surface area contributed by atoms with Crippen LogP contribution in [0.1, 0.15) is 20.3 Å². The predicted octanol–water partition coefficient (Wildman–Crippen LogP) is 1.02. The fourth-order valence-electron chi connectivity index (χ4n) is 2.24. The summed E-state index contributed by atoms with van der Waals surface area (Å²) in [7, 11) is 0. The number of amidine groups is 1. The van der Waals surface area contributed by atoms with Gasteiger partial charge in [-0.3, -0.25) is 4.99 Å². The first-order chi connectivity index (χ1) is 4.70. The Hall–Kier alpha value is -0.530. The van der Waals surface area contributed by atoms with Crippen LogP contribution in [0.5, 0.6) is 0 Å². The van der Waals surface area contributed by atoms with Gasteiger partial charge < -0.3 is 5.73 Å². The van der Waals surface area contributed by atoms with Gasteiger partial charge in [0.05, 0.1) is 11.9 Å². The molecule has 0 aromatic rings. The van der Waals surface area contributed by atoms with Crippen LogP contribution in [0, 0.1) is 17.8 Å². The predicted molar refractivity (Wildman–Crippen MR) is 41.8 cm³/mol. The molecule has 0 bridgehead atoms. The molecule has 0 radical (unpaired) electrons. The van der Waals surface area contributed by atoms with Crippen molar-refractivity contribution in [1.82, 2.24) is 0 Å². The van der Waals surface area contributed by atoms with Crippen LogP contribution in [0.15, 0.2) is 4.99 Å². The molecule has 10 heavy (non-hydrogen) atoms. The molecule has 2 rings (SSSR count). The molecule has 1 aliphatic carbocycles. The van der Waals surface area contributed by atoms with Crippen LogP contribution in [-0.4, -0.2) is 11.9 Å². The minimum Gasteiger partial charge on any atom is -0.387 e. The third-order valence-electron chi connectivity index (χ3n) is 2.90. The summed E-state index contributed by atoms with van der Waals surface area (Å²) >= 11 is 0. The SMILES string of the molecule is CC1CC(N)=N[C@H]2C1[C@H]2C. The summed E-state index contributed by atoms with van der Waals surface area (Å²) in [6.07, 6.45) is 1.02. The largest absolute Gasteiger partial charge is 0.387 e. The van der Waals surface area contributed by atoms with Gasteiger partial charge in [0, 0.05) is 6.42 Å². The first-order valence-corrected chi connectivity index (χ1v) is 4.02. The number of fused-ring (bicyclic) bond motifs is 1. The molecule has 2 unspecified atom stereocenters. The molecule has 4 atom stereocenters. The molecule has 0 amide bonds. The molecule has 2 heteroatoms. The minimum atomic E-state index is 0.587. The minimum absolute atomic E-state index is 0.587. The number of hydrogen-bond acceptors (Lipinski definition) is 2. The molecule has 2 nitrogen and oxygen atoms in total. The summed E-state index contributed by atoms with van der Waals surface area (Å²) in [6, 6.07) is 0.587. The first kappa shape index (κ1) is 6.20. The molecule has 0 aromatic heterocycles. The van der Waals surface area contributed by atoms with E-state index in [2.05, 4.69) is 18.8 Å². The maximum absolute atomic E-state index is 5.65. The molecule has 1 aliphatic heterocycles. The number of nitrogens with two attached hydrogens (primary N) is 1. The van der Waals surface area contributed by atoms with Gasteiger partial charge in [-0.1, -0.05) is 13.8 Å². The summed E-state index contributed by atoms with van der Waals surface area (Å²) in [5, 5.41) is 0. The van der Waals surface area contributed by atoms with Crippen LogP contribution in [0.4, 0.5) is 0 Å². The monoisotopic (exact) mass is 138 g/mol. The van der Waals surface area contributed by atoms with Crippen LogP contribution in [0.3, 0.4) is 0 Å². The van der Waals surface area contributed by atoms with Gasteiger partial charge in [0.15, 0.2) is 0 Å². The highest BCUT2D eigenvalue weighted by molar-refractivity contribution is 5.82. The van der Waals surface area contributed by atoms with Crippen LogP contribution in [0.25, 0.3) is 0 Å². The van der Waals surface area contributed by atoms with Gasteiger partial charge in [-0.2, -0.15) is 0 Å². The summed E-state index contributed by atoms with van der Waals surface area (Å²) in [5.74, 6) is 3.30. The second-order valence-electron chi connectivity index (χ2n) is 3.73. The van der Waals surface area contributed by atoms with Crippen molar-refractivity contribution < 1.29 is 0 Å². The van der Waals surface area contributed by atoms with E-state index in [4.69, 9.17) is 5.73 Å². The van der Waals surface area contributed by atoms with Gasteiger partial charge in [0.1, 0.15) is 0 Å². The molecular weight excluding hydrogens is 124 g/mol. The average molecular weight is 138 g/mol. The summed E-state index contributed by atoms with van der Waals surface area (Å²) < 4.78 is 0. The van der Waals surface area contributed by atoms with Gasteiger partial charge >= 0.3 is 0 Å². The molecule has 56 valence electrons. The zero-order valence-corrected chi connectivity index (χ0v) is 6.54. The highest BCUT2D eigenvalue weighted by Crippen LogP contribution is 2.50. The van der Waals surface area contributed by atoms with E-state index in [0.29, 0.717) is 6.04 Å². The van der Waals surface area contributed by atoms with Gasteiger partial charge in [-0.25, -0.2) is 0 Å². The van der Waals surface area contributed by atoms with E-state index in [9.17, 15) is 0 Å². The molecule has 2 aliphatic rings. The van der Waals surface area contributed by atoms with E-state index >= 15 is 0 Å². The van der Waals surface area contributed by atoms with Crippen molar-refractivity contribution in [2.75, 3.05) is 0 Å². The van der Waals surface area contributed by atoms with E-state index in [1.165, 1.54) is 0 Å². The van der Waals surface area contributed by atoms with Crippen LogP contribution < -0.4 is 5.73 Å². The lowest BCUT2D eigenvalue weighted by Crippen LogP contribution is -2.22. The average Bonchev–Trinajstić information content (AvgIpc) is 2.42. The normalized spacial score (nSPS) is 51.6. The van der Waals surface area contributed by atoms with E-state index in [1.807, 2.05) is 0 Å². The Morgan fingerprint density at radius 2 is 2.20 bits per heavy atom. The van der Waals surface area contributed by atoms with Crippen LogP contribution in [-0.2, 0) is 0 Å². The number of aliphatic imine (C=N–C) groups is 1. The Kier molecular flexibility index (Phi) is 1.08. The third kappa shape index (κ3) is 0.678. The van der Waals surface area contributed by atoms with Crippen molar-refractivity contribution in [3.05, 3.63) is 0 Å². The lowest BCUT2D eigenvalue weighted by Gasteiger charge is -2.13. The molecular formula is C8H14N2. The standard InChI is InChI=1S/C8H14N2/c1-4-3-6(9)10-8-5(2)7(4)8/h4-5,7-8H,3H2,1-2H3,(H2,9,10)/t4?,5-,7?,8-/m1/s1. The molecule has 1 fully saturated rings. The zero-order chi connectivity index (χ0) is 7.30. The first-order valence-electron chi connectivity index (χ1n) is 4.02. The topological polar surface area (TPSA) is 38.4 Å². The Labute approximate surface area is 61.5 Å². The molecule has 0 spiro atoms. The molecule has 2 N–H and O–H groups in total. The quantitative estimate of drug-likeness (QED) is 0.533. The van der Waals surface area contributed by atoms with E-state index in [-0.39, 0.29) is 0 Å². The van der Waals surface area contributed by atoms with E-state index in [0.717, 1.165) is 30.0 Å². The second-order valence-corrected chi connectivity index (χ2v) is 3.73. The van der Waals surface area contributed by atoms with E-state index < -0.39 is 0 Å². The van der Waals surface area contributed by atoms with Crippen molar-refractivity contribution in [1.29, 1.82) is 0 Å². The van der Waals surface area contributed by atoms with Crippen LogP contribution >= 0.6 is 0 Å². The molecule has 0 aromatic carbocycles. The second kappa shape index (κ2) is 1.74. The summed E-state index contributed by atoms with van der Waals surface area (Å²) in [4.78, 5) is 4.38. The van der Waals surface area contributed by atoms with Crippen molar-refractivity contribution in [3.63, 3.8) is 0 Å². The maximum Gasteiger partial charge on any atom is 0.0943 e. The highest BCUT2D eigenvalue weighted by Gasteiger charge is 2.51. The fraction of sp³-hybridized carbons (Fsp3) is 0.875. The Morgan fingerprint density at radius 3 is 2.80 bits per heavy atom. The van der Waals surface area contributed by atoms with Crippen molar-refractivity contribution in [3.8, 4) is 0 Å². The maximum atomic E-state index is 5.65. The van der Waals surface area contributed by atoms with Crippen molar-refractivity contribution >= 4 is 5.84 Å². The van der Waals surface area contributed by atoms with Gasteiger partial charge in [-0.15, -0.1) is 0 Å².